The summed E-state index contributed by atoms with van der Waals surface area (Å²) >= 11 is 5.91. The number of halogens is 1. The maximum Gasteiger partial charge on any atom is 0.326 e. The summed E-state index contributed by atoms with van der Waals surface area (Å²) in [4.78, 5) is 21.8. The Hall–Kier alpha value is -1.86. The fourth-order valence-corrected chi connectivity index (χ4v) is 1.82. The van der Waals surface area contributed by atoms with E-state index in [0.717, 1.165) is 0 Å². The van der Waals surface area contributed by atoms with Gasteiger partial charge in [-0.15, -0.1) is 0 Å². The second-order valence-corrected chi connectivity index (χ2v) is 4.45. The van der Waals surface area contributed by atoms with Crippen molar-refractivity contribution in [3.8, 4) is 5.75 Å². The van der Waals surface area contributed by atoms with Crippen molar-refractivity contribution >= 4 is 23.3 Å². The van der Waals surface area contributed by atoms with Crippen LogP contribution in [0.3, 0.4) is 0 Å². The van der Waals surface area contributed by atoms with E-state index in [4.69, 9.17) is 21.1 Å². The molecule has 7 nitrogen and oxygen atoms in total. The molecule has 1 aromatic rings. The molecule has 0 aromatic heterocycles. The fraction of sp³-hybridized carbons (Fsp3) is 0.462. The van der Waals surface area contributed by atoms with Gasteiger partial charge in [0.2, 0.25) is 0 Å². The van der Waals surface area contributed by atoms with Gasteiger partial charge in [-0.2, -0.15) is 0 Å². The number of non-ortho nitro benzene ring substituents is 1. The van der Waals surface area contributed by atoms with Crippen LogP contribution >= 0.6 is 11.6 Å². The van der Waals surface area contributed by atoms with Crippen LogP contribution in [0.4, 0.5) is 5.69 Å². The molecule has 0 aliphatic carbocycles. The Morgan fingerprint density at radius 1 is 1.48 bits per heavy atom. The molecule has 1 aromatic carbocycles. The number of nitrogens with one attached hydrogen (secondary N) is 1. The van der Waals surface area contributed by atoms with Crippen molar-refractivity contribution in [3.05, 3.63) is 33.3 Å². The van der Waals surface area contributed by atoms with E-state index in [1.54, 1.807) is 6.92 Å². The summed E-state index contributed by atoms with van der Waals surface area (Å²) in [6, 6.07) is 3.26. The highest BCUT2D eigenvalue weighted by Crippen LogP contribution is 2.28. The molecular weight excluding hydrogens is 300 g/mol. The number of hydrogen-bond acceptors (Lipinski definition) is 6. The first-order valence-corrected chi connectivity index (χ1v) is 6.84. The van der Waals surface area contributed by atoms with Gasteiger partial charge in [0.25, 0.3) is 5.69 Å². The van der Waals surface area contributed by atoms with Crippen LogP contribution in [0.1, 0.15) is 13.8 Å². The highest BCUT2D eigenvalue weighted by Gasteiger charge is 2.20. The van der Waals surface area contributed by atoms with Crippen molar-refractivity contribution < 1.29 is 19.2 Å². The lowest BCUT2D eigenvalue weighted by molar-refractivity contribution is -0.384. The Morgan fingerprint density at radius 2 is 2.19 bits per heavy atom. The smallest absolute Gasteiger partial charge is 0.326 e. The van der Waals surface area contributed by atoms with Crippen molar-refractivity contribution in [2.45, 2.75) is 19.9 Å². The van der Waals surface area contributed by atoms with E-state index >= 15 is 0 Å². The average molecular weight is 317 g/mol. The predicted molar refractivity (Wildman–Crippen MR) is 77.7 cm³/mol. The number of benzene rings is 1. The van der Waals surface area contributed by atoms with Crippen molar-refractivity contribution in [3.63, 3.8) is 0 Å². The van der Waals surface area contributed by atoms with Crippen LogP contribution < -0.4 is 10.1 Å². The molecule has 116 valence electrons. The van der Waals surface area contributed by atoms with Crippen molar-refractivity contribution in [2.24, 2.45) is 0 Å². The van der Waals surface area contributed by atoms with Gasteiger partial charge in [-0.1, -0.05) is 18.5 Å². The van der Waals surface area contributed by atoms with Crippen molar-refractivity contribution in [1.82, 2.24) is 5.32 Å². The summed E-state index contributed by atoms with van der Waals surface area (Å²) in [7, 11) is 0. The predicted octanol–water partition coefficient (Wildman–Crippen LogP) is 2.17. The number of nitro groups is 1. The van der Waals surface area contributed by atoms with E-state index < -0.39 is 16.9 Å². The van der Waals surface area contributed by atoms with Gasteiger partial charge < -0.3 is 14.8 Å². The first-order valence-electron chi connectivity index (χ1n) is 6.46. The van der Waals surface area contributed by atoms with Crippen LogP contribution in [0.25, 0.3) is 0 Å². The van der Waals surface area contributed by atoms with Crippen LogP contribution in [0.5, 0.6) is 5.75 Å². The lowest BCUT2D eigenvalue weighted by Gasteiger charge is -2.17. The highest BCUT2D eigenvalue weighted by molar-refractivity contribution is 6.32. The molecule has 1 unspecified atom stereocenters. The van der Waals surface area contributed by atoms with Gasteiger partial charge >= 0.3 is 5.97 Å². The van der Waals surface area contributed by atoms with Crippen LogP contribution in [0.2, 0.25) is 5.02 Å². The summed E-state index contributed by atoms with van der Waals surface area (Å²) in [6.45, 7) is 4.43. The second kappa shape index (κ2) is 8.43. The maximum atomic E-state index is 11.7. The Balaban J connectivity index is 2.71. The SMILES string of the molecule is CCNC(COc1ccc([N+](=O)[O-])cc1Cl)C(=O)OCC. The normalized spacial score (nSPS) is 11.8. The first kappa shape index (κ1) is 17.2. The molecule has 1 rings (SSSR count). The second-order valence-electron chi connectivity index (χ2n) is 4.05. The third-order valence-corrected chi connectivity index (χ3v) is 2.85. The Bertz CT molecular complexity index is 509. The molecule has 0 aliphatic heterocycles. The molecule has 1 N–H and O–H groups in total. The van der Waals surface area contributed by atoms with Crippen LogP contribution in [-0.4, -0.2) is 36.7 Å². The number of carbonyl (C=O) groups is 1. The number of carbonyl (C=O) groups excluding carboxylic acids is 1. The largest absolute Gasteiger partial charge is 0.490 e. The molecule has 8 heteroatoms. The van der Waals surface area contributed by atoms with Crippen molar-refractivity contribution in [1.29, 1.82) is 0 Å². The van der Waals surface area contributed by atoms with Gasteiger partial charge in [-0.05, 0) is 19.5 Å². The molecule has 0 saturated carbocycles. The Kier molecular flexibility index (Phi) is 6.90. The summed E-state index contributed by atoms with van der Waals surface area (Å²) in [6.07, 6.45) is 0. The molecule has 0 spiro atoms. The third-order valence-electron chi connectivity index (χ3n) is 2.55. The van der Waals surface area contributed by atoms with E-state index in [1.165, 1.54) is 18.2 Å². The van der Waals surface area contributed by atoms with E-state index in [2.05, 4.69) is 5.32 Å². The Morgan fingerprint density at radius 3 is 2.71 bits per heavy atom. The molecule has 0 radical (unpaired) electrons. The number of ether oxygens (including phenoxy) is 2. The van der Waals surface area contributed by atoms with Crippen LogP contribution in [-0.2, 0) is 9.53 Å². The van der Waals surface area contributed by atoms with Gasteiger partial charge in [-0.25, -0.2) is 0 Å². The zero-order chi connectivity index (χ0) is 15.8. The van der Waals surface area contributed by atoms with E-state index in [1.807, 2.05) is 6.92 Å². The summed E-state index contributed by atoms with van der Waals surface area (Å²) in [5.74, 6) is -0.146. The van der Waals surface area contributed by atoms with Gasteiger partial charge in [0.15, 0.2) is 0 Å². The molecule has 1 atom stereocenters. The van der Waals surface area contributed by atoms with Gasteiger partial charge in [0.1, 0.15) is 18.4 Å². The van der Waals surface area contributed by atoms with Gasteiger partial charge in [-0.3, -0.25) is 14.9 Å². The lowest BCUT2D eigenvalue weighted by Crippen LogP contribution is -2.42. The molecule has 0 saturated heterocycles. The van der Waals surface area contributed by atoms with E-state index in [9.17, 15) is 14.9 Å². The molecule has 0 amide bonds. The van der Waals surface area contributed by atoms with Crippen LogP contribution in [0, 0.1) is 10.1 Å². The van der Waals surface area contributed by atoms with Gasteiger partial charge in [0.05, 0.1) is 16.6 Å². The summed E-state index contributed by atoms with van der Waals surface area (Å²) < 4.78 is 10.4. The summed E-state index contributed by atoms with van der Waals surface area (Å²) in [5.41, 5.74) is -0.124. The number of nitro benzene ring substituents is 1. The minimum Gasteiger partial charge on any atom is -0.490 e. The number of nitrogens with zero attached hydrogens (tertiary/aromatic N) is 1. The minimum atomic E-state index is -0.624. The Labute approximate surface area is 127 Å². The zero-order valence-electron chi connectivity index (χ0n) is 11.8. The molecule has 21 heavy (non-hydrogen) atoms. The lowest BCUT2D eigenvalue weighted by atomic mass is 10.3. The third kappa shape index (κ3) is 5.20. The fourth-order valence-electron chi connectivity index (χ4n) is 1.59. The number of hydrogen-bond donors (Lipinski definition) is 1. The van der Waals surface area contributed by atoms with Gasteiger partial charge in [0, 0.05) is 12.1 Å². The monoisotopic (exact) mass is 316 g/mol. The molecule has 0 bridgehead atoms. The van der Waals surface area contributed by atoms with Crippen molar-refractivity contribution in [2.75, 3.05) is 19.8 Å². The summed E-state index contributed by atoms with van der Waals surface area (Å²) in [5, 5.41) is 13.7. The van der Waals surface area contributed by atoms with Crippen LogP contribution in [0.15, 0.2) is 18.2 Å². The topological polar surface area (TPSA) is 90.7 Å². The molecule has 0 heterocycles. The molecular formula is C13H17ClN2O5. The maximum absolute atomic E-state index is 11.7. The number of likely N-dealkylation sites (N-methyl/N-ethyl adjacent to an activating group) is 1. The quantitative estimate of drug-likeness (QED) is 0.449. The highest BCUT2D eigenvalue weighted by atomic mass is 35.5. The number of esters is 1. The van der Waals surface area contributed by atoms with E-state index in [0.29, 0.717) is 6.54 Å². The molecule has 0 fully saturated rings. The number of rotatable bonds is 8. The average Bonchev–Trinajstić information content (AvgIpc) is 2.44. The standard InChI is InChI=1S/C13H17ClN2O5/c1-3-15-11(13(17)20-4-2)8-21-12-6-5-9(16(18)19)7-10(12)14/h5-7,11,15H,3-4,8H2,1-2H3. The molecule has 0 aliphatic rings. The zero-order valence-corrected chi connectivity index (χ0v) is 12.6. The van der Waals surface area contributed by atoms with E-state index in [-0.39, 0.29) is 29.7 Å². The minimum absolute atomic E-state index is 0.0181. The first-order chi connectivity index (χ1) is 9.99.